The summed E-state index contributed by atoms with van der Waals surface area (Å²) in [6.45, 7) is 5.50. The first kappa shape index (κ1) is 14.8. The molecular weight excluding hydrogens is 272 g/mol. The molecule has 2 aromatic rings. The highest BCUT2D eigenvalue weighted by Crippen LogP contribution is 2.22. The van der Waals surface area contributed by atoms with Crippen molar-refractivity contribution in [3.8, 4) is 11.3 Å². The molecule has 1 aromatic heterocycles. The van der Waals surface area contributed by atoms with Crippen molar-refractivity contribution < 1.29 is 4.79 Å². The van der Waals surface area contributed by atoms with Gasteiger partial charge in [0.2, 0.25) is 5.91 Å². The number of hydrogen-bond acceptors (Lipinski definition) is 2. The van der Waals surface area contributed by atoms with Crippen molar-refractivity contribution in [3.05, 3.63) is 53.7 Å². The molecule has 1 saturated heterocycles. The molecule has 0 saturated carbocycles. The van der Waals surface area contributed by atoms with Crippen LogP contribution in [0, 0.1) is 12.8 Å². The molecule has 22 heavy (non-hydrogen) atoms. The van der Waals surface area contributed by atoms with Crippen LogP contribution in [-0.4, -0.2) is 28.9 Å². The molecule has 1 amide bonds. The monoisotopic (exact) mass is 294 g/mol. The largest absolute Gasteiger partial charge is 0.343 e. The third kappa shape index (κ3) is 3.35. The van der Waals surface area contributed by atoms with Gasteiger partial charge in [-0.3, -0.25) is 9.78 Å². The number of benzene rings is 1. The van der Waals surface area contributed by atoms with Gasteiger partial charge in [0.15, 0.2) is 0 Å². The third-order valence-corrected chi connectivity index (χ3v) is 4.38. The summed E-state index contributed by atoms with van der Waals surface area (Å²) in [5, 5.41) is 0. The zero-order chi connectivity index (χ0) is 15.5. The van der Waals surface area contributed by atoms with Crippen LogP contribution < -0.4 is 0 Å². The van der Waals surface area contributed by atoms with E-state index in [0.29, 0.717) is 5.92 Å². The molecule has 1 aromatic carbocycles. The molecule has 1 fully saturated rings. The molecule has 0 aliphatic carbocycles. The fourth-order valence-corrected chi connectivity index (χ4v) is 3.06. The van der Waals surface area contributed by atoms with Gasteiger partial charge in [-0.2, -0.15) is 0 Å². The summed E-state index contributed by atoms with van der Waals surface area (Å²) in [4.78, 5) is 18.2. The SMILES string of the molecule is CC(=O)N1CC[C@@H](Cc2cccc(-c3ccc(C)cc3)n2)C1. The van der Waals surface area contributed by atoms with Crippen molar-refractivity contribution in [2.24, 2.45) is 5.92 Å². The van der Waals surface area contributed by atoms with Crippen LogP contribution in [0.1, 0.15) is 24.6 Å². The third-order valence-electron chi connectivity index (χ3n) is 4.38. The molecule has 1 aliphatic heterocycles. The van der Waals surface area contributed by atoms with Crippen LogP contribution in [-0.2, 0) is 11.2 Å². The lowest BCUT2D eigenvalue weighted by molar-refractivity contribution is -0.127. The van der Waals surface area contributed by atoms with Crippen LogP contribution in [0.2, 0.25) is 0 Å². The van der Waals surface area contributed by atoms with Gasteiger partial charge in [0.25, 0.3) is 0 Å². The van der Waals surface area contributed by atoms with E-state index in [1.807, 2.05) is 4.90 Å². The van der Waals surface area contributed by atoms with Crippen LogP contribution in [0.5, 0.6) is 0 Å². The number of aromatic nitrogens is 1. The van der Waals surface area contributed by atoms with Crippen LogP contribution in [0.3, 0.4) is 0 Å². The van der Waals surface area contributed by atoms with Crippen molar-refractivity contribution in [2.75, 3.05) is 13.1 Å². The fraction of sp³-hybridized carbons (Fsp3) is 0.368. The van der Waals surface area contributed by atoms with Crippen LogP contribution in [0.25, 0.3) is 11.3 Å². The molecule has 0 bridgehead atoms. The molecular formula is C19H22N2O. The van der Waals surface area contributed by atoms with Crippen molar-refractivity contribution >= 4 is 5.91 Å². The van der Waals surface area contributed by atoms with E-state index in [9.17, 15) is 4.79 Å². The predicted molar refractivity (Wildman–Crippen MR) is 88.5 cm³/mol. The highest BCUT2D eigenvalue weighted by atomic mass is 16.2. The summed E-state index contributed by atoms with van der Waals surface area (Å²) in [6, 6.07) is 14.7. The van der Waals surface area contributed by atoms with E-state index in [1.54, 1.807) is 6.92 Å². The first-order chi connectivity index (χ1) is 10.6. The average molecular weight is 294 g/mol. The Morgan fingerprint density at radius 3 is 2.68 bits per heavy atom. The number of aryl methyl sites for hydroxylation is 1. The predicted octanol–water partition coefficient (Wildman–Crippen LogP) is 3.47. The second-order valence-electron chi connectivity index (χ2n) is 6.20. The number of likely N-dealkylation sites (tertiary alicyclic amines) is 1. The molecule has 2 heterocycles. The molecule has 1 atom stereocenters. The fourth-order valence-electron chi connectivity index (χ4n) is 3.06. The zero-order valence-electron chi connectivity index (χ0n) is 13.2. The molecule has 0 radical (unpaired) electrons. The van der Waals surface area contributed by atoms with Gasteiger partial charge in [0, 0.05) is 31.3 Å². The highest BCUT2D eigenvalue weighted by molar-refractivity contribution is 5.73. The number of carbonyl (C=O) groups excluding carboxylic acids is 1. The lowest BCUT2D eigenvalue weighted by atomic mass is 10.0. The molecule has 0 unspecified atom stereocenters. The minimum atomic E-state index is 0.184. The highest BCUT2D eigenvalue weighted by Gasteiger charge is 2.24. The normalized spacial score (nSPS) is 17.7. The standard InChI is InChI=1S/C19H22N2O/c1-14-6-8-17(9-7-14)19-5-3-4-18(20-19)12-16-10-11-21(13-16)15(2)22/h3-9,16H,10-13H2,1-2H3/t16-/m0/s1. The van der Waals surface area contributed by atoms with Gasteiger partial charge in [0.1, 0.15) is 0 Å². The van der Waals surface area contributed by atoms with Crippen molar-refractivity contribution in [3.63, 3.8) is 0 Å². The minimum Gasteiger partial charge on any atom is -0.343 e. The summed E-state index contributed by atoms with van der Waals surface area (Å²) in [7, 11) is 0. The van der Waals surface area contributed by atoms with Crippen molar-refractivity contribution in [1.29, 1.82) is 0 Å². The molecule has 3 rings (SSSR count). The number of nitrogens with zero attached hydrogens (tertiary/aromatic N) is 2. The minimum absolute atomic E-state index is 0.184. The first-order valence-electron chi connectivity index (χ1n) is 7.90. The van der Waals surface area contributed by atoms with Gasteiger partial charge in [-0.15, -0.1) is 0 Å². The number of hydrogen-bond donors (Lipinski definition) is 0. The van der Waals surface area contributed by atoms with Gasteiger partial charge >= 0.3 is 0 Å². The summed E-state index contributed by atoms with van der Waals surface area (Å²) < 4.78 is 0. The van der Waals surface area contributed by atoms with Crippen molar-refractivity contribution in [2.45, 2.75) is 26.7 Å². The Kier molecular flexibility index (Phi) is 4.23. The topological polar surface area (TPSA) is 33.2 Å². The second kappa shape index (κ2) is 6.30. The van der Waals surface area contributed by atoms with E-state index in [0.717, 1.165) is 42.9 Å². The van der Waals surface area contributed by atoms with E-state index in [4.69, 9.17) is 4.98 Å². The lowest BCUT2D eigenvalue weighted by Gasteiger charge is -2.14. The summed E-state index contributed by atoms with van der Waals surface area (Å²) in [6.07, 6.45) is 2.03. The van der Waals surface area contributed by atoms with Gasteiger partial charge in [-0.1, -0.05) is 35.9 Å². The molecule has 3 heteroatoms. The van der Waals surface area contributed by atoms with Gasteiger partial charge < -0.3 is 4.90 Å². The Morgan fingerprint density at radius 2 is 2.00 bits per heavy atom. The maximum atomic E-state index is 11.4. The Bertz CT molecular complexity index is 663. The van der Waals surface area contributed by atoms with E-state index in [-0.39, 0.29) is 5.91 Å². The molecule has 0 N–H and O–H groups in total. The smallest absolute Gasteiger partial charge is 0.219 e. The summed E-state index contributed by atoms with van der Waals surface area (Å²) in [5.74, 6) is 0.716. The average Bonchev–Trinajstić information content (AvgIpc) is 2.97. The van der Waals surface area contributed by atoms with E-state index >= 15 is 0 Å². The second-order valence-corrected chi connectivity index (χ2v) is 6.20. The van der Waals surface area contributed by atoms with Gasteiger partial charge in [0.05, 0.1) is 5.69 Å². The molecule has 1 aliphatic rings. The first-order valence-corrected chi connectivity index (χ1v) is 7.90. The van der Waals surface area contributed by atoms with Crippen LogP contribution >= 0.6 is 0 Å². The van der Waals surface area contributed by atoms with E-state index in [2.05, 4.69) is 49.4 Å². The molecule has 3 nitrogen and oxygen atoms in total. The van der Waals surface area contributed by atoms with Gasteiger partial charge in [-0.05, 0) is 37.8 Å². The van der Waals surface area contributed by atoms with E-state index in [1.165, 1.54) is 5.56 Å². The van der Waals surface area contributed by atoms with E-state index < -0.39 is 0 Å². The molecule has 0 spiro atoms. The van der Waals surface area contributed by atoms with Gasteiger partial charge in [-0.25, -0.2) is 0 Å². The summed E-state index contributed by atoms with van der Waals surface area (Å²) in [5.41, 5.74) is 4.56. The maximum absolute atomic E-state index is 11.4. The maximum Gasteiger partial charge on any atom is 0.219 e. The van der Waals surface area contributed by atoms with Crippen molar-refractivity contribution in [1.82, 2.24) is 9.88 Å². The molecule has 114 valence electrons. The lowest BCUT2D eigenvalue weighted by Crippen LogP contribution is -2.26. The van der Waals surface area contributed by atoms with Crippen LogP contribution in [0.4, 0.5) is 0 Å². The summed E-state index contributed by atoms with van der Waals surface area (Å²) >= 11 is 0. The zero-order valence-corrected chi connectivity index (χ0v) is 13.2. The number of amides is 1. The number of rotatable bonds is 3. The Hall–Kier alpha value is -2.16. The number of pyridine rings is 1. The number of carbonyl (C=O) groups is 1. The quantitative estimate of drug-likeness (QED) is 0.868. The Labute approximate surface area is 132 Å². The van der Waals surface area contributed by atoms with Crippen LogP contribution in [0.15, 0.2) is 42.5 Å². The Morgan fingerprint density at radius 1 is 1.23 bits per heavy atom. The Balaban J connectivity index is 1.72.